The van der Waals surface area contributed by atoms with Crippen molar-refractivity contribution in [3.63, 3.8) is 0 Å². The number of benzene rings is 2. The number of nitrogens with zero attached hydrogens (tertiary/aromatic N) is 3. The molecule has 0 aliphatic carbocycles. The Kier molecular flexibility index (Phi) is 5.91. The second-order valence-electron chi connectivity index (χ2n) is 8.05. The number of fused-ring (bicyclic) bond motifs is 1. The van der Waals surface area contributed by atoms with Crippen LogP contribution in [0.5, 0.6) is 11.5 Å². The molecule has 6 heteroatoms. The number of hydrogen-bond acceptors (Lipinski definition) is 5. The molecule has 4 rings (SSSR count). The highest BCUT2D eigenvalue weighted by atomic mass is 16.5. The standard InChI is InChI=1S/C24H27N3O3/c1-17-8-10-26(11-9-17)12-13-30-22-14-20(6-7-21(22)29-2)27-16-19-5-3-4-18(15-25)23(19)24(27)28/h3-7,14,17H,8-13,16H2,1-2H3. The molecular weight excluding hydrogens is 378 g/mol. The van der Waals surface area contributed by atoms with E-state index in [9.17, 15) is 10.1 Å². The van der Waals surface area contributed by atoms with Gasteiger partial charge in [0, 0.05) is 18.3 Å². The zero-order valence-electron chi connectivity index (χ0n) is 17.6. The first-order valence-corrected chi connectivity index (χ1v) is 10.5. The molecule has 0 aromatic heterocycles. The molecule has 30 heavy (non-hydrogen) atoms. The molecule has 2 aromatic rings. The minimum atomic E-state index is -0.152. The van der Waals surface area contributed by atoms with Crippen LogP contribution >= 0.6 is 0 Å². The van der Waals surface area contributed by atoms with Crippen LogP contribution in [0.3, 0.4) is 0 Å². The third-order valence-electron chi connectivity index (χ3n) is 6.06. The van der Waals surface area contributed by atoms with Crippen molar-refractivity contribution in [2.45, 2.75) is 26.3 Å². The van der Waals surface area contributed by atoms with Crippen LogP contribution < -0.4 is 14.4 Å². The lowest BCUT2D eigenvalue weighted by molar-refractivity contribution is 0.0996. The maximum absolute atomic E-state index is 13.0. The molecule has 0 radical (unpaired) electrons. The normalized spacial score (nSPS) is 17.0. The highest BCUT2D eigenvalue weighted by Crippen LogP contribution is 2.36. The Morgan fingerprint density at radius 2 is 1.97 bits per heavy atom. The van der Waals surface area contributed by atoms with Crippen molar-refractivity contribution in [1.29, 1.82) is 5.26 Å². The first-order valence-electron chi connectivity index (χ1n) is 10.5. The van der Waals surface area contributed by atoms with Crippen LogP contribution in [0.1, 0.15) is 41.3 Å². The smallest absolute Gasteiger partial charge is 0.260 e. The first kappa shape index (κ1) is 20.2. The van der Waals surface area contributed by atoms with Crippen molar-refractivity contribution in [3.8, 4) is 17.6 Å². The molecule has 6 nitrogen and oxygen atoms in total. The number of methoxy groups -OCH3 is 1. The average molecular weight is 405 g/mol. The predicted octanol–water partition coefficient (Wildman–Crippen LogP) is 3.84. The van der Waals surface area contributed by atoms with Gasteiger partial charge in [0.05, 0.1) is 30.9 Å². The SMILES string of the molecule is COc1ccc(N2Cc3cccc(C#N)c3C2=O)cc1OCCN1CCC(C)CC1. The van der Waals surface area contributed by atoms with E-state index in [1.54, 1.807) is 18.1 Å². The van der Waals surface area contributed by atoms with Crippen molar-refractivity contribution in [1.82, 2.24) is 4.90 Å². The molecule has 156 valence electrons. The van der Waals surface area contributed by atoms with Gasteiger partial charge in [-0.15, -0.1) is 0 Å². The second-order valence-corrected chi connectivity index (χ2v) is 8.05. The fourth-order valence-corrected chi connectivity index (χ4v) is 4.18. The number of hydrogen-bond donors (Lipinski definition) is 0. The predicted molar refractivity (Wildman–Crippen MR) is 115 cm³/mol. The van der Waals surface area contributed by atoms with E-state index in [0.29, 0.717) is 35.8 Å². The topological polar surface area (TPSA) is 65.8 Å². The van der Waals surface area contributed by atoms with E-state index in [0.717, 1.165) is 36.8 Å². The maximum atomic E-state index is 13.0. The molecule has 0 bridgehead atoms. The van der Waals surface area contributed by atoms with E-state index in [4.69, 9.17) is 9.47 Å². The van der Waals surface area contributed by atoms with E-state index in [-0.39, 0.29) is 5.91 Å². The zero-order valence-corrected chi connectivity index (χ0v) is 17.6. The Hall–Kier alpha value is -3.04. The van der Waals surface area contributed by atoms with Gasteiger partial charge in [0.25, 0.3) is 5.91 Å². The number of rotatable bonds is 6. The number of carbonyl (C=O) groups excluding carboxylic acids is 1. The molecule has 0 saturated carbocycles. The fraction of sp³-hybridized carbons (Fsp3) is 0.417. The number of likely N-dealkylation sites (tertiary alicyclic amines) is 1. The molecule has 2 heterocycles. The van der Waals surface area contributed by atoms with E-state index < -0.39 is 0 Å². The number of nitriles is 1. The van der Waals surface area contributed by atoms with Crippen LogP contribution in [0, 0.1) is 17.2 Å². The second kappa shape index (κ2) is 8.76. The van der Waals surface area contributed by atoms with Gasteiger partial charge in [-0.3, -0.25) is 9.69 Å². The molecular formula is C24H27N3O3. The van der Waals surface area contributed by atoms with Gasteiger partial charge in [-0.25, -0.2) is 0 Å². The van der Waals surface area contributed by atoms with Crippen LogP contribution in [-0.2, 0) is 6.54 Å². The van der Waals surface area contributed by atoms with Crippen molar-refractivity contribution in [2.75, 3.05) is 38.3 Å². The van der Waals surface area contributed by atoms with Crippen molar-refractivity contribution >= 4 is 11.6 Å². The van der Waals surface area contributed by atoms with E-state index >= 15 is 0 Å². The lowest BCUT2D eigenvalue weighted by Gasteiger charge is -2.30. The molecule has 0 atom stereocenters. The van der Waals surface area contributed by atoms with Crippen LogP contribution in [0.15, 0.2) is 36.4 Å². The fourth-order valence-electron chi connectivity index (χ4n) is 4.18. The number of anilines is 1. The molecule has 0 N–H and O–H groups in total. The summed E-state index contributed by atoms with van der Waals surface area (Å²) in [6.07, 6.45) is 2.47. The summed E-state index contributed by atoms with van der Waals surface area (Å²) in [6, 6.07) is 13.1. The number of piperidine rings is 1. The zero-order chi connectivity index (χ0) is 21.1. The maximum Gasteiger partial charge on any atom is 0.260 e. The molecule has 2 aromatic carbocycles. The highest BCUT2D eigenvalue weighted by Gasteiger charge is 2.31. The summed E-state index contributed by atoms with van der Waals surface area (Å²) in [5, 5.41) is 9.35. The minimum Gasteiger partial charge on any atom is -0.493 e. The van der Waals surface area contributed by atoms with Gasteiger partial charge in [0.15, 0.2) is 11.5 Å². The molecule has 1 amide bonds. The molecule has 2 aliphatic rings. The van der Waals surface area contributed by atoms with Gasteiger partial charge in [0.1, 0.15) is 6.61 Å². The molecule has 1 fully saturated rings. The van der Waals surface area contributed by atoms with Crippen LogP contribution in [0.4, 0.5) is 5.69 Å². The Bertz CT molecular complexity index is 974. The van der Waals surface area contributed by atoms with Crippen LogP contribution in [0.2, 0.25) is 0 Å². The van der Waals surface area contributed by atoms with E-state index in [1.165, 1.54) is 12.8 Å². The summed E-state index contributed by atoms with van der Waals surface area (Å²) in [4.78, 5) is 17.1. The Labute approximate surface area is 177 Å². The third kappa shape index (κ3) is 3.99. The summed E-state index contributed by atoms with van der Waals surface area (Å²) in [5.74, 6) is 1.93. The van der Waals surface area contributed by atoms with Gasteiger partial charge in [-0.05, 0) is 55.6 Å². The van der Waals surface area contributed by atoms with Gasteiger partial charge in [-0.1, -0.05) is 19.1 Å². The summed E-state index contributed by atoms with van der Waals surface area (Å²) in [6.45, 7) is 6.43. The van der Waals surface area contributed by atoms with Crippen molar-refractivity contribution in [3.05, 3.63) is 53.1 Å². The molecule has 0 unspecified atom stereocenters. The lowest BCUT2D eigenvalue weighted by Crippen LogP contribution is -2.35. The number of amides is 1. The Morgan fingerprint density at radius 3 is 2.70 bits per heavy atom. The monoisotopic (exact) mass is 405 g/mol. The summed E-state index contributed by atoms with van der Waals surface area (Å²) in [5.41, 5.74) is 2.53. The van der Waals surface area contributed by atoms with E-state index in [2.05, 4.69) is 17.9 Å². The van der Waals surface area contributed by atoms with Crippen molar-refractivity contribution in [2.24, 2.45) is 5.92 Å². The molecule has 1 saturated heterocycles. The largest absolute Gasteiger partial charge is 0.493 e. The van der Waals surface area contributed by atoms with Crippen LogP contribution in [-0.4, -0.2) is 44.2 Å². The van der Waals surface area contributed by atoms with Gasteiger partial charge >= 0.3 is 0 Å². The van der Waals surface area contributed by atoms with Gasteiger partial charge < -0.3 is 14.4 Å². The highest BCUT2D eigenvalue weighted by molar-refractivity contribution is 6.11. The minimum absolute atomic E-state index is 0.152. The first-order chi connectivity index (χ1) is 14.6. The summed E-state index contributed by atoms with van der Waals surface area (Å²) in [7, 11) is 1.62. The lowest BCUT2D eigenvalue weighted by atomic mass is 9.99. The molecule has 2 aliphatic heterocycles. The average Bonchev–Trinajstić information content (AvgIpc) is 3.12. The summed E-state index contributed by atoms with van der Waals surface area (Å²) >= 11 is 0. The van der Waals surface area contributed by atoms with Crippen molar-refractivity contribution < 1.29 is 14.3 Å². The Morgan fingerprint density at radius 1 is 1.17 bits per heavy atom. The summed E-state index contributed by atoms with van der Waals surface area (Å²) < 4.78 is 11.5. The van der Waals surface area contributed by atoms with Gasteiger partial charge in [0.2, 0.25) is 0 Å². The van der Waals surface area contributed by atoms with Crippen LogP contribution in [0.25, 0.3) is 0 Å². The number of carbonyl (C=O) groups is 1. The van der Waals surface area contributed by atoms with E-state index in [1.807, 2.05) is 30.3 Å². The number of ether oxygens (including phenoxy) is 2. The van der Waals surface area contributed by atoms with Gasteiger partial charge in [-0.2, -0.15) is 5.26 Å². The third-order valence-corrected chi connectivity index (χ3v) is 6.06. The Balaban J connectivity index is 1.48. The molecule has 0 spiro atoms. The quantitative estimate of drug-likeness (QED) is 0.731.